The fourth-order valence-corrected chi connectivity index (χ4v) is 4.97. The van der Waals surface area contributed by atoms with Crippen molar-refractivity contribution in [1.29, 1.82) is 0 Å². The van der Waals surface area contributed by atoms with Gasteiger partial charge in [0.05, 0.1) is 0 Å². The van der Waals surface area contributed by atoms with E-state index in [9.17, 15) is 0 Å². The van der Waals surface area contributed by atoms with E-state index in [-0.39, 0.29) is 0 Å². The van der Waals surface area contributed by atoms with Gasteiger partial charge in [0, 0.05) is 13.1 Å². The van der Waals surface area contributed by atoms with Crippen LogP contribution in [0.25, 0.3) is 21.9 Å². The molecule has 0 N–H and O–H groups in total. The summed E-state index contributed by atoms with van der Waals surface area (Å²) in [7, 11) is 8.69. The van der Waals surface area contributed by atoms with Gasteiger partial charge in [-0.2, -0.15) is 0 Å². The highest BCUT2D eigenvalue weighted by molar-refractivity contribution is 6.04. The molecule has 0 amide bonds. The van der Waals surface area contributed by atoms with Crippen molar-refractivity contribution >= 4 is 21.9 Å². The van der Waals surface area contributed by atoms with Gasteiger partial charge < -0.3 is 9.80 Å². The van der Waals surface area contributed by atoms with Crippen LogP contribution < -0.4 is 0 Å². The number of allylic oxidation sites excluding steroid dienone is 2. The molecule has 0 unspecified atom stereocenters. The van der Waals surface area contributed by atoms with E-state index in [2.05, 4.69) is 76.1 Å². The Morgan fingerprint density at radius 2 is 1.14 bits per heavy atom. The molecule has 2 aliphatic rings. The maximum Gasteiger partial charge on any atom is 0.0196 e. The Morgan fingerprint density at radius 3 is 1.68 bits per heavy atom. The fourth-order valence-electron chi connectivity index (χ4n) is 4.97. The van der Waals surface area contributed by atoms with Gasteiger partial charge in [-0.3, -0.25) is 0 Å². The molecule has 0 saturated carbocycles. The van der Waals surface area contributed by atoms with Crippen LogP contribution in [0.5, 0.6) is 0 Å². The van der Waals surface area contributed by atoms with Gasteiger partial charge in [-0.15, -0.1) is 0 Å². The average molecular weight is 377 g/mol. The normalized spacial score (nSPS) is 15.5. The van der Waals surface area contributed by atoms with Crippen LogP contribution in [-0.2, 0) is 12.8 Å². The molecule has 4 rings (SSSR count). The Labute approximate surface area is 171 Å². The second-order valence-corrected chi connectivity index (χ2v) is 8.54. The first-order valence-corrected chi connectivity index (χ1v) is 10.6. The van der Waals surface area contributed by atoms with Crippen molar-refractivity contribution < 1.29 is 0 Å². The van der Waals surface area contributed by atoms with Crippen LogP contribution >= 0.6 is 0 Å². The molecule has 0 atom stereocenters. The van der Waals surface area contributed by atoms with E-state index in [1.54, 1.807) is 27.8 Å². The second kappa shape index (κ2) is 8.23. The topological polar surface area (TPSA) is 6.48 Å². The zero-order valence-electron chi connectivity index (χ0n) is 19.0. The van der Waals surface area contributed by atoms with Crippen LogP contribution in [0, 0.1) is 0 Å². The van der Waals surface area contributed by atoms with Crippen LogP contribution in [-0.4, -0.2) is 51.1 Å². The molecule has 28 heavy (non-hydrogen) atoms. The smallest absolute Gasteiger partial charge is 0.0196 e. The zero-order chi connectivity index (χ0) is 20.6. The van der Waals surface area contributed by atoms with Gasteiger partial charge in [0.15, 0.2) is 0 Å². The van der Waals surface area contributed by atoms with Crippen molar-refractivity contribution in [2.24, 2.45) is 0 Å². The lowest BCUT2D eigenvalue weighted by atomic mass is 9.88. The molecule has 0 fully saturated rings. The van der Waals surface area contributed by atoms with Crippen molar-refractivity contribution in [3.05, 3.63) is 57.7 Å². The largest absolute Gasteiger partial charge is 0.305 e. The van der Waals surface area contributed by atoms with Gasteiger partial charge in [0.1, 0.15) is 0 Å². The van der Waals surface area contributed by atoms with E-state index in [0.717, 1.165) is 25.9 Å². The first-order valence-electron chi connectivity index (χ1n) is 10.6. The minimum Gasteiger partial charge on any atom is -0.305 e. The highest BCUT2D eigenvalue weighted by Gasteiger charge is 2.31. The summed E-state index contributed by atoms with van der Waals surface area (Å²) in [5.41, 5.74) is 12.4. The highest BCUT2D eigenvalue weighted by Crippen LogP contribution is 2.47. The Balaban J connectivity index is 0.00000109. The standard InChI is InChI=1S/C24H30N2.C2H6/c1-15-18(14-26(5)6)12-22-23(15)20-10-8-7-9-19(20)21-11-17(13-25(3)4)16(2)24(21)22;1-2/h7-10H,11-14H2,1-6H3;1-2H3. The molecule has 0 saturated heterocycles. The lowest BCUT2D eigenvalue weighted by molar-refractivity contribution is 0.443. The van der Waals surface area contributed by atoms with Crippen molar-refractivity contribution in [3.8, 4) is 0 Å². The van der Waals surface area contributed by atoms with Crippen molar-refractivity contribution in [3.63, 3.8) is 0 Å². The second-order valence-electron chi connectivity index (χ2n) is 8.54. The monoisotopic (exact) mass is 376 g/mol. The van der Waals surface area contributed by atoms with Gasteiger partial charge in [-0.25, -0.2) is 0 Å². The Hall–Kier alpha value is -1.90. The number of hydrogen-bond acceptors (Lipinski definition) is 2. The molecule has 2 aromatic carbocycles. The quantitative estimate of drug-likeness (QED) is 0.680. The van der Waals surface area contributed by atoms with Crippen LogP contribution in [0.3, 0.4) is 0 Å². The summed E-state index contributed by atoms with van der Waals surface area (Å²) in [4.78, 5) is 4.60. The summed E-state index contributed by atoms with van der Waals surface area (Å²) in [5.74, 6) is 0. The molecule has 0 radical (unpaired) electrons. The number of hydrogen-bond donors (Lipinski definition) is 0. The Morgan fingerprint density at radius 1 is 0.679 bits per heavy atom. The minimum absolute atomic E-state index is 1.05. The van der Waals surface area contributed by atoms with Crippen LogP contribution in [0.1, 0.15) is 49.9 Å². The molecule has 0 aromatic heterocycles. The van der Waals surface area contributed by atoms with Gasteiger partial charge in [-0.1, -0.05) is 38.1 Å². The predicted molar refractivity (Wildman–Crippen MR) is 125 cm³/mol. The first kappa shape index (κ1) is 20.8. The average Bonchev–Trinajstić information content (AvgIpc) is 3.14. The molecule has 2 heteroatoms. The summed E-state index contributed by atoms with van der Waals surface area (Å²) in [6.07, 6.45) is 2.22. The van der Waals surface area contributed by atoms with Gasteiger partial charge in [-0.05, 0) is 110 Å². The van der Waals surface area contributed by atoms with Gasteiger partial charge in [0.2, 0.25) is 0 Å². The molecular formula is C26H36N2. The Kier molecular flexibility index (Phi) is 6.12. The number of rotatable bonds is 4. The highest BCUT2D eigenvalue weighted by atomic mass is 15.1. The number of fused-ring (bicyclic) bond motifs is 6. The fraction of sp³-hybridized carbons (Fsp3) is 0.462. The third-order valence-electron chi connectivity index (χ3n) is 6.03. The summed E-state index contributed by atoms with van der Waals surface area (Å²) in [6, 6.07) is 9.05. The van der Waals surface area contributed by atoms with Crippen molar-refractivity contribution in [2.45, 2.75) is 40.5 Å². The van der Waals surface area contributed by atoms with E-state index in [1.165, 1.54) is 27.5 Å². The lowest BCUT2D eigenvalue weighted by Gasteiger charge is -2.15. The zero-order valence-corrected chi connectivity index (χ0v) is 19.0. The molecule has 2 aliphatic carbocycles. The van der Waals surface area contributed by atoms with Crippen molar-refractivity contribution in [1.82, 2.24) is 9.80 Å². The van der Waals surface area contributed by atoms with Crippen LogP contribution in [0.15, 0.2) is 35.4 Å². The van der Waals surface area contributed by atoms with E-state index >= 15 is 0 Å². The van der Waals surface area contributed by atoms with Crippen molar-refractivity contribution in [2.75, 3.05) is 41.3 Å². The lowest BCUT2D eigenvalue weighted by Crippen LogP contribution is -2.15. The molecule has 2 aromatic rings. The maximum absolute atomic E-state index is 2.35. The van der Waals surface area contributed by atoms with E-state index in [1.807, 2.05) is 13.8 Å². The molecule has 0 heterocycles. The molecular weight excluding hydrogens is 340 g/mol. The summed E-state index contributed by atoms with van der Waals surface area (Å²) >= 11 is 0. The summed E-state index contributed by atoms with van der Waals surface area (Å²) in [5, 5.41) is 2.91. The Bertz CT molecular complexity index is 958. The van der Waals surface area contributed by atoms with Crippen LogP contribution in [0.4, 0.5) is 0 Å². The van der Waals surface area contributed by atoms with Gasteiger partial charge in [0.25, 0.3) is 0 Å². The summed E-state index contributed by atoms with van der Waals surface area (Å²) < 4.78 is 0. The molecule has 0 spiro atoms. The summed E-state index contributed by atoms with van der Waals surface area (Å²) in [6.45, 7) is 10.8. The SMILES string of the molecule is CC.CC1=C(CN(C)C)Cc2c1c1c(c3ccccc23)C(C)=C(CN(C)C)C1. The number of nitrogens with zero attached hydrogens (tertiary/aromatic N) is 2. The third-order valence-corrected chi connectivity index (χ3v) is 6.03. The maximum atomic E-state index is 2.35. The molecule has 2 nitrogen and oxygen atoms in total. The molecule has 150 valence electrons. The minimum atomic E-state index is 1.05. The first-order chi connectivity index (χ1) is 13.4. The third kappa shape index (κ3) is 3.44. The van der Waals surface area contributed by atoms with E-state index in [4.69, 9.17) is 0 Å². The van der Waals surface area contributed by atoms with Crippen LogP contribution in [0.2, 0.25) is 0 Å². The number of benzene rings is 2. The molecule has 0 bridgehead atoms. The van der Waals surface area contributed by atoms with E-state index < -0.39 is 0 Å². The number of likely N-dealkylation sites (N-methyl/N-ethyl adjacent to an activating group) is 2. The predicted octanol–water partition coefficient (Wildman–Crippen LogP) is 5.65. The van der Waals surface area contributed by atoms with E-state index in [0.29, 0.717) is 0 Å². The van der Waals surface area contributed by atoms with Gasteiger partial charge >= 0.3 is 0 Å². The molecule has 0 aliphatic heterocycles.